The van der Waals surface area contributed by atoms with Crippen LogP contribution in [0.25, 0.3) is 0 Å². The SMILES string of the molecule is CCc1ccc(C(=O)N2CCN(C[C@H](OCc3cccc(C)c3)c3ccc(Cl)cc3)CC2)cc1. The molecule has 1 aliphatic heterocycles. The molecule has 3 aromatic rings. The predicted molar refractivity (Wildman–Crippen MR) is 138 cm³/mol. The summed E-state index contributed by atoms with van der Waals surface area (Å²) in [7, 11) is 0. The summed E-state index contributed by atoms with van der Waals surface area (Å²) in [6.07, 6.45) is 0.912. The Morgan fingerprint density at radius 3 is 2.29 bits per heavy atom. The molecule has 0 aromatic heterocycles. The molecule has 4 nitrogen and oxygen atoms in total. The number of ether oxygens (including phenoxy) is 1. The van der Waals surface area contributed by atoms with Crippen molar-refractivity contribution in [3.05, 3.63) is 106 Å². The number of piperazine rings is 1. The molecule has 0 aliphatic carbocycles. The second kappa shape index (κ2) is 11.7. The van der Waals surface area contributed by atoms with Gasteiger partial charge in [-0.05, 0) is 54.3 Å². The van der Waals surface area contributed by atoms with Gasteiger partial charge >= 0.3 is 0 Å². The highest BCUT2D eigenvalue weighted by atomic mass is 35.5. The number of hydrogen-bond donors (Lipinski definition) is 0. The van der Waals surface area contributed by atoms with E-state index in [1.807, 2.05) is 53.4 Å². The van der Waals surface area contributed by atoms with Gasteiger partial charge < -0.3 is 9.64 Å². The van der Waals surface area contributed by atoms with E-state index in [4.69, 9.17) is 16.3 Å². The lowest BCUT2D eigenvalue weighted by molar-refractivity contribution is 0.00341. The van der Waals surface area contributed by atoms with Crippen LogP contribution in [0.4, 0.5) is 0 Å². The summed E-state index contributed by atoms with van der Waals surface area (Å²) in [5.74, 6) is 0.118. The quantitative estimate of drug-likeness (QED) is 0.404. The lowest BCUT2D eigenvalue weighted by Crippen LogP contribution is -2.49. The van der Waals surface area contributed by atoms with Crippen LogP contribution >= 0.6 is 11.6 Å². The molecule has 0 saturated carbocycles. The van der Waals surface area contributed by atoms with Crippen molar-refractivity contribution in [2.24, 2.45) is 0 Å². The van der Waals surface area contributed by atoms with Gasteiger partial charge in [0.05, 0.1) is 12.7 Å². The molecule has 0 radical (unpaired) electrons. The lowest BCUT2D eigenvalue weighted by Gasteiger charge is -2.36. The third kappa shape index (κ3) is 6.47. The molecule has 0 spiro atoms. The average Bonchev–Trinajstić information content (AvgIpc) is 2.87. The van der Waals surface area contributed by atoms with Crippen molar-refractivity contribution < 1.29 is 9.53 Å². The van der Waals surface area contributed by atoms with Gasteiger partial charge in [0.25, 0.3) is 5.91 Å². The van der Waals surface area contributed by atoms with Gasteiger partial charge in [-0.2, -0.15) is 0 Å². The predicted octanol–water partition coefficient (Wildman–Crippen LogP) is 5.93. The minimum Gasteiger partial charge on any atom is -0.368 e. The first-order valence-corrected chi connectivity index (χ1v) is 12.4. The number of benzene rings is 3. The number of carbonyl (C=O) groups is 1. The maximum absolute atomic E-state index is 12.9. The largest absolute Gasteiger partial charge is 0.368 e. The number of hydrogen-bond acceptors (Lipinski definition) is 3. The van der Waals surface area contributed by atoms with Crippen molar-refractivity contribution in [1.82, 2.24) is 9.80 Å². The van der Waals surface area contributed by atoms with E-state index in [1.165, 1.54) is 16.7 Å². The molecule has 5 heteroatoms. The average molecular weight is 477 g/mol. The summed E-state index contributed by atoms with van der Waals surface area (Å²) in [5, 5.41) is 0.722. The first kappa shape index (κ1) is 24.5. The van der Waals surface area contributed by atoms with Crippen LogP contribution < -0.4 is 0 Å². The zero-order valence-electron chi connectivity index (χ0n) is 20.0. The van der Waals surface area contributed by atoms with Crippen LogP contribution in [0.2, 0.25) is 5.02 Å². The zero-order valence-corrected chi connectivity index (χ0v) is 20.8. The molecule has 1 aliphatic rings. The number of rotatable bonds is 8. The second-order valence-electron chi connectivity index (χ2n) is 8.98. The van der Waals surface area contributed by atoms with E-state index < -0.39 is 0 Å². The third-order valence-corrected chi connectivity index (χ3v) is 6.72. The van der Waals surface area contributed by atoms with Gasteiger partial charge in [0.1, 0.15) is 0 Å². The number of halogens is 1. The van der Waals surface area contributed by atoms with E-state index in [9.17, 15) is 4.79 Å². The fourth-order valence-corrected chi connectivity index (χ4v) is 4.49. The molecule has 1 amide bonds. The Morgan fingerprint density at radius 2 is 1.65 bits per heavy atom. The molecular weight excluding hydrogens is 444 g/mol. The van der Waals surface area contributed by atoms with Crippen LogP contribution in [0.5, 0.6) is 0 Å². The van der Waals surface area contributed by atoms with Crippen LogP contribution in [0, 0.1) is 6.92 Å². The van der Waals surface area contributed by atoms with E-state index in [0.717, 1.165) is 55.3 Å². The molecule has 3 aromatic carbocycles. The third-order valence-electron chi connectivity index (χ3n) is 6.47. The minimum absolute atomic E-state index is 0.0679. The highest BCUT2D eigenvalue weighted by Crippen LogP contribution is 2.24. The Morgan fingerprint density at radius 1 is 0.941 bits per heavy atom. The number of nitrogens with zero attached hydrogens (tertiary/aromatic N) is 2. The van der Waals surface area contributed by atoms with E-state index in [0.29, 0.717) is 6.61 Å². The van der Waals surface area contributed by atoms with Crippen LogP contribution in [0.1, 0.15) is 45.6 Å². The van der Waals surface area contributed by atoms with Gasteiger partial charge in [0, 0.05) is 43.3 Å². The highest BCUT2D eigenvalue weighted by molar-refractivity contribution is 6.30. The summed E-state index contributed by atoms with van der Waals surface area (Å²) in [5.41, 5.74) is 5.54. The standard InChI is InChI=1S/C29H33ClN2O2/c1-3-23-7-9-26(10-8-23)29(33)32-17-15-31(16-18-32)20-28(25-11-13-27(30)14-12-25)34-21-24-6-4-5-22(2)19-24/h4-14,19,28H,3,15-18,20-21H2,1-2H3/t28-/m0/s1. The molecule has 178 valence electrons. The highest BCUT2D eigenvalue weighted by Gasteiger charge is 2.25. The monoisotopic (exact) mass is 476 g/mol. The molecule has 4 rings (SSSR count). The molecule has 1 atom stereocenters. The maximum Gasteiger partial charge on any atom is 0.253 e. The zero-order chi connectivity index (χ0) is 23.9. The normalized spacial score (nSPS) is 15.3. The van der Waals surface area contributed by atoms with E-state index >= 15 is 0 Å². The van der Waals surface area contributed by atoms with Gasteiger partial charge in [0.2, 0.25) is 0 Å². The Bertz CT molecular complexity index is 1070. The Hall–Kier alpha value is -2.66. The summed E-state index contributed by atoms with van der Waals surface area (Å²) in [6.45, 7) is 8.66. The molecule has 1 saturated heterocycles. The summed E-state index contributed by atoms with van der Waals surface area (Å²) in [4.78, 5) is 17.3. The van der Waals surface area contributed by atoms with Crippen molar-refractivity contribution >= 4 is 17.5 Å². The van der Waals surface area contributed by atoms with Crippen molar-refractivity contribution in [2.45, 2.75) is 33.0 Å². The van der Waals surface area contributed by atoms with Crippen molar-refractivity contribution in [3.63, 3.8) is 0 Å². The first-order chi connectivity index (χ1) is 16.5. The smallest absolute Gasteiger partial charge is 0.253 e. The van der Waals surface area contributed by atoms with E-state index in [1.54, 1.807) is 0 Å². The van der Waals surface area contributed by atoms with Crippen LogP contribution in [0.15, 0.2) is 72.8 Å². The lowest BCUT2D eigenvalue weighted by atomic mass is 10.1. The molecule has 1 heterocycles. The van der Waals surface area contributed by atoms with E-state index in [-0.39, 0.29) is 12.0 Å². The summed E-state index contributed by atoms with van der Waals surface area (Å²) < 4.78 is 6.41. The molecule has 1 fully saturated rings. The van der Waals surface area contributed by atoms with Gasteiger partial charge in [-0.1, -0.05) is 72.6 Å². The van der Waals surface area contributed by atoms with Gasteiger partial charge in [-0.3, -0.25) is 9.69 Å². The molecule has 34 heavy (non-hydrogen) atoms. The van der Waals surface area contributed by atoms with Crippen LogP contribution in [-0.4, -0.2) is 48.4 Å². The van der Waals surface area contributed by atoms with Gasteiger partial charge in [-0.25, -0.2) is 0 Å². The maximum atomic E-state index is 12.9. The van der Waals surface area contributed by atoms with Gasteiger partial charge in [-0.15, -0.1) is 0 Å². The van der Waals surface area contributed by atoms with Crippen LogP contribution in [-0.2, 0) is 17.8 Å². The fraction of sp³-hybridized carbons (Fsp3) is 0.345. The first-order valence-electron chi connectivity index (χ1n) is 12.0. The second-order valence-corrected chi connectivity index (χ2v) is 9.42. The fourth-order valence-electron chi connectivity index (χ4n) is 4.36. The summed E-state index contributed by atoms with van der Waals surface area (Å²) in [6, 6.07) is 24.3. The van der Waals surface area contributed by atoms with Crippen LogP contribution in [0.3, 0.4) is 0 Å². The van der Waals surface area contributed by atoms with E-state index in [2.05, 4.69) is 43.0 Å². The van der Waals surface area contributed by atoms with Crippen molar-refractivity contribution in [2.75, 3.05) is 32.7 Å². The number of aryl methyl sites for hydroxylation is 2. The Balaban J connectivity index is 1.37. The number of carbonyl (C=O) groups excluding carboxylic acids is 1. The topological polar surface area (TPSA) is 32.8 Å². The van der Waals surface area contributed by atoms with Crippen molar-refractivity contribution in [1.29, 1.82) is 0 Å². The van der Waals surface area contributed by atoms with Gasteiger partial charge in [0.15, 0.2) is 0 Å². The van der Waals surface area contributed by atoms with Crippen molar-refractivity contribution in [3.8, 4) is 0 Å². The minimum atomic E-state index is -0.0679. The Kier molecular flexibility index (Phi) is 8.39. The number of amides is 1. The molecule has 0 unspecified atom stereocenters. The summed E-state index contributed by atoms with van der Waals surface area (Å²) >= 11 is 6.12. The molecule has 0 bridgehead atoms. The molecular formula is C29H33ClN2O2. The Labute approximate surface area is 208 Å². The molecule has 0 N–H and O–H groups in total.